The van der Waals surface area contributed by atoms with E-state index in [4.69, 9.17) is 0 Å². The highest BCUT2D eigenvalue weighted by atomic mass is 32.2. The number of nitrogens with one attached hydrogen (secondary N) is 2. The molecule has 0 saturated carbocycles. The van der Waals surface area contributed by atoms with Gasteiger partial charge in [-0.15, -0.1) is 11.8 Å². The molecule has 2 N–H and O–H groups in total. The minimum Gasteiger partial charge on any atom is -0.336 e. The summed E-state index contributed by atoms with van der Waals surface area (Å²) in [5.41, 5.74) is 0.860. The average Bonchev–Trinajstić information content (AvgIpc) is 2.73. The van der Waals surface area contributed by atoms with Crippen LogP contribution in [0.1, 0.15) is 24.5 Å². The Morgan fingerprint density at radius 2 is 1.91 bits per heavy atom. The van der Waals surface area contributed by atoms with E-state index < -0.39 is 28.8 Å². The lowest BCUT2D eigenvalue weighted by atomic mass is 10.1. The molecule has 1 heterocycles. The van der Waals surface area contributed by atoms with E-state index in [2.05, 4.69) is 10.6 Å². The van der Waals surface area contributed by atoms with Gasteiger partial charge in [-0.2, -0.15) is 13.2 Å². The zero-order chi connectivity index (χ0) is 23.5. The van der Waals surface area contributed by atoms with Crippen LogP contribution >= 0.6 is 11.8 Å². The second kappa shape index (κ2) is 9.64. The van der Waals surface area contributed by atoms with Crippen molar-refractivity contribution in [2.75, 3.05) is 24.2 Å². The zero-order valence-corrected chi connectivity index (χ0v) is 18.3. The van der Waals surface area contributed by atoms with Crippen LogP contribution in [0.4, 0.5) is 24.5 Å². The largest absolute Gasteiger partial charge is 0.416 e. The summed E-state index contributed by atoms with van der Waals surface area (Å²) >= 11 is 1.03. The Hall–Kier alpha value is -3.01. The fourth-order valence-electron chi connectivity index (χ4n) is 3.22. The number of nitrogens with zero attached hydrogens (tertiary/aromatic N) is 1. The molecule has 0 aliphatic carbocycles. The minimum absolute atomic E-state index is 0.0702. The number of rotatable bonds is 6. The number of anilines is 2. The summed E-state index contributed by atoms with van der Waals surface area (Å²) in [5.74, 6) is -1.34. The molecule has 0 bridgehead atoms. The summed E-state index contributed by atoms with van der Waals surface area (Å²) in [6, 6.07) is 10.5. The highest BCUT2D eigenvalue weighted by molar-refractivity contribution is 8.01. The van der Waals surface area contributed by atoms with Gasteiger partial charge < -0.3 is 15.5 Å². The standard InChI is InChI=1S/C22H22F3N3O3S/c1-3-13-6-4-5-7-15(13)26-19(29)12-28(2)20(30)11-18-21(31)27-16-10-14(22(23,24)25)8-9-17(16)32-18/h4-10,18H,3,11-12H2,1-2H3,(H,26,29)(H,27,31)/t18-/m1/s1. The molecule has 10 heteroatoms. The summed E-state index contributed by atoms with van der Waals surface area (Å²) in [4.78, 5) is 38.9. The quantitative estimate of drug-likeness (QED) is 0.671. The Balaban J connectivity index is 1.59. The van der Waals surface area contributed by atoms with E-state index in [0.29, 0.717) is 10.6 Å². The summed E-state index contributed by atoms with van der Waals surface area (Å²) in [6.07, 6.45) is -3.96. The van der Waals surface area contributed by atoms with Crippen molar-refractivity contribution in [2.24, 2.45) is 0 Å². The maximum atomic E-state index is 12.9. The van der Waals surface area contributed by atoms with Gasteiger partial charge in [0.25, 0.3) is 0 Å². The molecule has 0 saturated heterocycles. The molecule has 2 aromatic carbocycles. The van der Waals surface area contributed by atoms with Crippen LogP contribution in [0.2, 0.25) is 0 Å². The first-order valence-electron chi connectivity index (χ1n) is 9.89. The van der Waals surface area contributed by atoms with Gasteiger partial charge in [0, 0.05) is 24.1 Å². The van der Waals surface area contributed by atoms with Gasteiger partial charge in [0.2, 0.25) is 17.7 Å². The lowest BCUT2D eigenvalue weighted by Crippen LogP contribution is -2.39. The third kappa shape index (κ3) is 5.61. The molecule has 3 rings (SSSR count). The molecule has 0 radical (unpaired) electrons. The van der Waals surface area contributed by atoms with Crippen LogP contribution in [0, 0.1) is 0 Å². The van der Waals surface area contributed by atoms with Crippen molar-refractivity contribution < 1.29 is 27.6 Å². The van der Waals surface area contributed by atoms with Crippen molar-refractivity contribution in [1.29, 1.82) is 0 Å². The maximum absolute atomic E-state index is 12.9. The molecule has 0 fully saturated rings. The number of likely N-dealkylation sites (N-methyl/N-ethyl adjacent to an activating group) is 1. The van der Waals surface area contributed by atoms with Crippen LogP contribution in [0.3, 0.4) is 0 Å². The molecule has 32 heavy (non-hydrogen) atoms. The first kappa shape index (κ1) is 23.6. The predicted octanol–water partition coefficient (Wildman–Crippen LogP) is 4.17. The Morgan fingerprint density at radius 1 is 1.19 bits per heavy atom. The molecule has 1 aliphatic heterocycles. The van der Waals surface area contributed by atoms with Crippen LogP contribution in [0.15, 0.2) is 47.4 Å². The van der Waals surface area contributed by atoms with Gasteiger partial charge in [0.1, 0.15) is 0 Å². The van der Waals surface area contributed by atoms with E-state index in [0.717, 1.165) is 35.9 Å². The van der Waals surface area contributed by atoms with Crippen molar-refractivity contribution in [3.63, 3.8) is 0 Å². The molecule has 0 aromatic heterocycles. The molecule has 1 atom stereocenters. The van der Waals surface area contributed by atoms with Gasteiger partial charge in [-0.3, -0.25) is 14.4 Å². The molecule has 1 aliphatic rings. The van der Waals surface area contributed by atoms with E-state index in [-0.39, 0.29) is 24.6 Å². The average molecular weight is 465 g/mol. The highest BCUT2D eigenvalue weighted by Gasteiger charge is 2.34. The third-order valence-corrected chi connectivity index (χ3v) is 6.24. The molecule has 2 aromatic rings. The van der Waals surface area contributed by atoms with Crippen molar-refractivity contribution >= 4 is 40.9 Å². The fourth-order valence-corrected chi connectivity index (χ4v) is 4.30. The molecule has 6 nitrogen and oxygen atoms in total. The number of alkyl halides is 3. The number of aryl methyl sites for hydroxylation is 1. The second-order valence-electron chi connectivity index (χ2n) is 7.32. The van der Waals surface area contributed by atoms with Gasteiger partial charge in [-0.25, -0.2) is 0 Å². The lowest BCUT2D eigenvalue weighted by Gasteiger charge is -2.26. The predicted molar refractivity (Wildman–Crippen MR) is 116 cm³/mol. The number of para-hydroxylation sites is 1. The van der Waals surface area contributed by atoms with Gasteiger partial charge in [0.05, 0.1) is 23.0 Å². The molecular formula is C22H22F3N3O3S. The first-order chi connectivity index (χ1) is 15.1. The number of fused-ring (bicyclic) bond motifs is 1. The smallest absolute Gasteiger partial charge is 0.336 e. The number of halogens is 3. The van der Waals surface area contributed by atoms with Crippen molar-refractivity contribution in [2.45, 2.75) is 36.1 Å². The van der Waals surface area contributed by atoms with Crippen LogP contribution in [0.5, 0.6) is 0 Å². The molecular weight excluding hydrogens is 443 g/mol. The SMILES string of the molecule is CCc1ccccc1NC(=O)CN(C)C(=O)C[C@H]1Sc2ccc(C(F)(F)F)cc2NC1=O. The zero-order valence-electron chi connectivity index (χ0n) is 17.5. The Labute approximate surface area is 187 Å². The van der Waals surface area contributed by atoms with Crippen molar-refractivity contribution in [1.82, 2.24) is 4.90 Å². The summed E-state index contributed by atoms with van der Waals surface area (Å²) < 4.78 is 38.6. The van der Waals surface area contributed by atoms with E-state index in [1.807, 2.05) is 19.1 Å². The Kier molecular flexibility index (Phi) is 7.12. The number of benzene rings is 2. The van der Waals surface area contributed by atoms with Gasteiger partial charge in [0.15, 0.2) is 0 Å². The number of amides is 3. The van der Waals surface area contributed by atoms with E-state index in [1.54, 1.807) is 12.1 Å². The summed E-state index contributed by atoms with van der Waals surface area (Å²) in [5, 5.41) is 4.42. The minimum atomic E-state index is -4.52. The Bertz CT molecular complexity index is 1040. The summed E-state index contributed by atoms with van der Waals surface area (Å²) in [6.45, 7) is 1.77. The monoisotopic (exact) mass is 465 g/mol. The number of hydrogen-bond acceptors (Lipinski definition) is 4. The topological polar surface area (TPSA) is 78.5 Å². The normalized spacial score (nSPS) is 15.5. The lowest BCUT2D eigenvalue weighted by molar-refractivity contribution is -0.137. The van der Waals surface area contributed by atoms with Crippen molar-refractivity contribution in [3.8, 4) is 0 Å². The van der Waals surface area contributed by atoms with E-state index >= 15 is 0 Å². The summed E-state index contributed by atoms with van der Waals surface area (Å²) in [7, 11) is 1.46. The second-order valence-corrected chi connectivity index (χ2v) is 8.56. The Morgan fingerprint density at radius 3 is 2.59 bits per heavy atom. The number of thioether (sulfide) groups is 1. The fraction of sp³-hybridized carbons (Fsp3) is 0.318. The maximum Gasteiger partial charge on any atom is 0.416 e. The molecule has 170 valence electrons. The van der Waals surface area contributed by atoms with Gasteiger partial charge >= 0.3 is 6.18 Å². The van der Waals surface area contributed by atoms with Crippen LogP contribution in [0.25, 0.3) is 0 Å². The van der Waals surface area contributed by atoms with Crippen molar-refractivity contribution in [3.05, 3.63) is 53.6 Å². The van der Waals surface area contributed by atoms with E-state index in [1.165, 1.54) is 18.0 Å². The number of carbonyl (C=O) groups is 3. The highest BCUT2D eigenvalue weighted by Crippen LogP contribution is 2.40. The van der Waals surface area contributed by atoms with Gasteiger partial charge in [-0.05, 0) is 36.2 Å². The first-order valence-corrected chi connectivity index (χ1v) is 10.8. The van der Waals surface area contributed by atoms with Crippen LogP contribution in [-0.2, 0) is 27.0 Å². The molecule has 3 amide bonds. The molecule has 0 spiro atoms. The van der Waals surface area contributed by atoms with E-state index in [9.17, 15) is 27.6 Å². The molecule has 0 unspecified atom stereocenters. The van der Waals surface area contributed by atoms with Crippen LogP contribution in [-0.4, -0.2) is 41.5 Å². The van der Waals surface area contributed by atoms with Gasteiger partial charge in [-0.1, -0.05) is 25.1 Å². The number of hydrogen-bond donors (Lipinski definition) is 2. The van der Waals surface area contributed by atoms with Crippen LogP contribution < -0.4 is 10.6 Å². The number of carbonyl (C=O) groups excluding carboxylic acids is 3. The third-order valence-electron chi connectivity index (χ3n) is 4.97.